The van der Waals surface area contributed by atoms with E-state index in [0.717, 1.165) is 27.7 Å². The Morgan fingerprint density at radius 2 is 2.14 bits per heavy atom. The fourth-order valence-corrected chi connectivity index (χ4v) is 3.55. The summed E-state index contributed by atoms with van der Waals surface area (Å²) in [4.78, 5) is 8.00. The van der Waals surface area contributed by atoms with Gasteiger partial charge in [-0.15, -0.1) is 0 Å². The zero-order valence-electron chi connectivity index (χ0n) is 13.5. The van der Waals surface area contributed by atoms with E-state index in [2.05, 4.69) is 36.1 Å². The van der Waals surface area contributed by atoms with Gasteiger partial charge in [-0.05, 0) is 31.5 Å². The van der Waals surface area contributed by atoms with E-state index in [4.69, 9.17) is 4.74 Å². The average Bonchev–Trinajstić information content (AvgIpc) is 2.80. The van der Waals surface area contributed by atoms with Crippen LogP contribution in [0.2, 0.25) is 0 Å². The molecule has 21 heavy (non-hydrogen) atoms. The molecule has 0 amide bonds. The molecule has 1 aromatic carbocycles. The summed E-state index contributed by atoms with van der Waals surface area (Å²) in [6.45, 7) is 9.42. The van der Waals surface area contributed by atoms with Gasteiger partial charge in [0.25, 0.3) is 0 Å². The first-order valence-electron chi connectivity index (χ1n) is 7.36. The molecule has 2 N–H and O–H groups in total. The number of aromatic nitrogens is 2. The molecule has 2 rings (SSSR count). The quantitative estimate of drug-likeness (QED) is 0.799. The SMILES string of the molecule is CCOc1ccc2nc(SCC(NC)C(C)(C)C)[nH]c2c1. The number of fused-ring (bicyclic) bond motifs is 1. The first-order chi connectivity index (χ1) is 9.94. The molecule has 0 aliphatic rings. The minimum Gasteiger partial charge on any atom is -0.494 e. The number of H-pyrrole nitrogens is 1. The molecular formula is C16H25N3OS. The van der Waals surface area contributed by atoms with E-state index in [0.29, 0.717) is 12.6 Å². The van der Waals surface area contributed by atoms with E-state index in [-0.39, 0.29) is 5.41 Å². The molecule has 1 heterocycles. The predicted octanol–water partition coefficient (Wildman–Crippen LogP) is 3.69. The maximum absolute atomic E-state index is 5.52. The molecule has 0 saturated carbocycles. The van der Waals surface area contributed by atoms with Crippen molar-refractivity contribution in [3.8, 4) is 5.75 Å². The van der Waals surface area contributed by atoms with Gasteiger partial charge in [-0.3, -0.25) is 0 Å². The molecule has 0 aliphatic carbocycles. The van der Waals surface area contributed by atoms with E-state index in [1.54, 1.807) is 11.8 Å². The van der Waals surface area contributed by atoms with Crippen LogP contribution in [0.1, 0.15) is 27.7 Å². The Balaban J connectivity index is 2.09. The van der Waals surface area contributed by atoms with Crippen molar-refractivity contribution in [2.24, 2.45) is 5.41 Å². The lowest BCUT2D eigenvalue weighted by molar-refractivity contribution is 0.305. The zero-order valence-corrected chi connectivity index (χ0v) is 14.3. The highest BCUT2D eigenvalue weighted by Crippen LogP contribution is 2.27. The number of nitrogens with one attached hydrogen (secondary N) is 2. The molecule has 4 nitrogen and oxygen atoms in total. The highest BCUT2D eigenvalue weighted by atomic mass is 32.2. The van der Waals surface area contributed by atoms with Gasteiger partial charge in [0.05, 0.1) is 17.6 Å². The van der Waals surface area contributed by atoms with Gasteiger partial charge in [0.15, 0.2) is 5.16 Å². The standard InChI is InChI=1S/C16H25N3OS/c1-6-20-11-7-8-12-13(9-11)19-15(18-12)21-10-14(17-5)16(2,3)4/h7-9,14,17H,6,10H2,1-5H3,(H,18,19). The normalized spacial score (nSPS) is 13.6. The van der Waals surface area contributed by atoms with Gasteiger partial charge in [-0.25, -0.2) is 4.98 Å². The van der Waals surface area contributed by atoms with Gasteiger partial charge < -0.3 is 15.0 Å². The first-order valence-corrected chi connectivity index (χ1v) is 8.35. The Kier molecular flexibility index (Phi) is 5.17. The summed E-state index contributed by atoms with van der Waals surface area (Å²) < 4.78 is 5.52. The highest BCUT2D eigenvalue weighted by molar-refractivity contribution is 7.99. The fraction of sp³-hybridized carbons (Fsp3) is 0.562. The topological polar surface area (TPSA) is 49.9 Å². The number of nitrogens with zero attached hydrogens (tertiary/aromatic N) is 1. The molecule has 5 heteroatoms. The van der Waals surface area contributed by atoms with Gasteiger partial charge in [0, 0.05) is 17.9 Å². The summed E-state index contributed by atoms with van der Waals surface area (Å²) in [6.07, 6.45) is 0. The molecule has 0 bridgehead atoms. The predicted molar refractivity (Wildman–Crippen MR) is 90.3 cm³/mol. The smallest absolute Gasteiger partial charge is 0.166 e. The third kappa shape index (κ3) is 4.14. The lowest BCUT2D eigenvalue weighted by Crippen LogP contribution is -2.40. The van der Waals surface area contributed by atoms with Crippen molar-refractivity contribution < 1.29 is 4.74 Å². The summed E-state index contributed by atoms with van der Waals surface area (Å²) in [7, 11) is 2.02. The fourth-order valence-electron chi connectivity index (χ4n) is 2.22. The molecule has 0 saturated heterocycles. The minimum atomic E-state index is 0.232. The van der Waals surface area contributed by atoms with Crippen LogP contribution in [0.4, 0.5) is 0 Å². The molecule has 0 radical (unpaired) electrons. The van der Waals surface area contributed by atoms with E-state index in [1.165, 1.54) is 0 Å². The van der Waals surface area contributed by atoms with Gasteiger partial charge in [-0.1, -0.05) is 32.5 Å². The van der Waals surface area contributed by atoms with Crippen LogP contribution < -0.4 is 10.1 Å². The molecule has 0 fully saturated rings. The zero-order chi connectivity index (χ0) is 15.5. The van der Waals surface area contributed by atoms with Crippen molar-refractivity contribution in [1.82, 2.24) is 15.3 Å². The molecule has 1 atom stereocenters. The van der Waals surface area contributed by atoms with Crippen LogP contribution in [0.15, 0.2) is 23.4 Å². The Morgan fingerprint density at radius 1 is 1.38 bits per heavy atom. The summed E-state index contributed by atoms with van der Waals surface area (Å²) in [5, 5.41) is 4.35. The number of hydrogen-bond acceptors (Lipinski definition) is 4. The van der Waals surface area contributed by atoms with Crippen LogP contribution in [-0.4, -0.2) is 35.4 Å². The number of rotatable bonds is 6. The molecule has 0 aliphatic heterocycles. The maximum atomic E-state index is 5.52. The second-order valence-electron chi connectivity index (χ2n) is 6.17. The number of thioether (sulfide) groups is 1. The average molecular weight is 307 g/mol. The molecular weight excluding hydrogens is 282 g/mol. The van der Waals surface area contributed by atoms with Crippen LogP contribution in [0, 0.1) is 5.41 Å². The van der Waals surface area contributed by atoms with Crippen molar-refractivity contribution in [2.75, 3.05) is 19.4 Å². The summed E-state index contributed by atoms with van der Waals surface area (Å²) in [6, 6.07) is 6.41. The van der Waals surface area contributed by atoms with Gasteiger partial charge >= 0.3 is 0 Å². The molecule has 0 spiro atoms. The van der Waals surface area contributed by atoms with Crippen molar-refractivity contribution >= 4 is 22.8 Å². The Morgan fingerprint density at radius 3 is 2.76 bits per heavy atom. The van der Waals surface area contributed by atoms with Crippen LogP contribution >= 0.6 is 11.8 Å². The molecule has 1 unspecified atom stereocenters. The van der Waals surface area contributed by atoms with Crippen molar-refractivity contribution in [2.45, 2.75) is 38.9 Å². The summed E-state index contributed by atoms with van der Waals surface area (Å²) >= 11 is 1.75. The summed E-state index contributed by atoms with van der Waals surface area (Å²) in [5.41, 5.74) is 2.24. The monoisotopic (exact) mass is 307 g/mol. The van der Waals surface area contributed by atoms with Crippen LogP contribution in [0.5, 0.6) is 5.75 Å². The molecule has 116 valence electrons. The number of ether oxygens (including phenoxy) is 1. The van der Waals surface area contributed by atoms with Crippen LogP contribution in [0.3, 0.4) is 0 Å². The first kappa shape index (κ1) is 16.2. The van der Waals surface area contributed by atoms with Gasteiger partial charge in [0.1, 0.15) is 5.75 Å². The van der Waals surface area contributed by atoms with Crippen molar-refractivity contribution in [3.63, 3.8) is 0 Å². The Bertz CT molecular complexity index is 589. The second-order valence-corrected chi connectivity index (χ2v) is 7.18. The van der Waals surface area contributed by atoms with Gasteiger partial charge in [0.2, 0.25) is 0 Å². The molecule has 1 aromatic heterocycles. The highest BCUT2D eigenvalue weighted by Gasteiger charge is 2.23. The maximum Gasteiger partial charge on any atom is 0.166 e. The van der Waals surface area contributed by atoms with Crippen molar-refractivity contribution in [1.29, 1.82) is 0 Å². The largest absolute Gasteiger partial charge is 0.494 e. The Hall–Kier alpha value is -1.20. The van der Waals surface area contributed by atoms with Gasteiger partial charge in [-0.2, -0.15) is 0 Å². The number of hydrogen-bond donors (Lipinski definition) is 2. The van der Waals surface area contributed by atoms with Crippen LogP contribution in [0.25, 0.3) is 11.0 Å². The van der Waals surface area contributed by atoms with E-state index in [9.17, 15) is 0 Å². The van der Waals surface area contributed by atoms with E-state index >= 15 is 0 Å². The lowest BCUT2D eigenvalue weighted by atomic mass is 9.88. The third-order valence-electron chi connectivity index (χ3n) is 3.52. The second kappa shape index (κ2) is 6.71. The lowest BCUT2D eigenvalue weighted by Gasteiger charge is -2.29. The van der Waals surface area contributed by atoms with Crippen LogP contribution in [-0.2, 0) is 0 Å². The third-order valence-corrected chi connectivity index (χ3v) is 4.49. The number of benzene rings is 1. The number of aromatic amines is 1. The van der Waals surface area contributed by atoms with Crippen molar-refractivity contribution in [3.05, 3.63) is 18.2 Å². The minimum absolute atomic E-state index is 0.232. The Labute approximate surface area is 131 Å². The number of imidazole rings is 1. The molecule has 2 aromatic rings. The van der Waals surface area contributed by atoms with E-state index < -0.39 is 0 Å². The van der Waals surface area contributed by atoms with E-state index in [1.807, 2.05) is 32.2 Å². The summed E-state index contributed by atoms with van der Waals surface area (Å²) in [5.74, 6) is 1.87.